The van der Waals surface area contributed by atoms with Crippen molar-refractivity contribution in [2.24, 2.45) is 0 Å². The van der Waals surface area contributed by atoms with Crippen LogP contribution < -0.4 is 0 Å². The first-order valence-corrected chi connectivity index (χ1v) is 4.17. The number of hydrogen-bond donors (Lipinski definition) is 0. The molecule has 0 bridgehead atoms. The van der Waals surface area contributed by atoms with Crippen molar-refractivity contribution in [3.8, 4) is 0 Å². The number of allylic oxidation sites excluding steroid dienone is 4. The van der Waals surface area contributed by atoms with E-state index < -0.39 is 0 Å². The fourth-order valence-electron chi connectivity index (χ4n) is 1.69. The SMILES string of the molecule is CCC1=C(CC)C(C)=CC1. The molecule has 0 atom stereocenters. The van der Waals surface area contributed by atoms with Gasteiger partial charge in [0.15, 0.2) is 0 Å². The van der Waals surface area contributed by atoms with Gasteiger partial charge in [-0.3, -0.25) is 0 Å². The molecule has 0 saturated heterocycles. The van der Waals surface area contributed by atoms with Gasteiger partial charge in [0.05, 0.1) is 0 Å². The molecule has 0 heterocycles. The minimum atomic E-state index is 1.21. The fraction of sp³-hybridized carbons (Fsp3) is 0.600. The van der Waals surface area contributed by atoms with Gasteiger partial charge < -0.3 is 0 Å². The molecule has 0 fully saturated rings. The molecule has 0 amide bonds. The standard InChI is InChI=1S/C10H16/c1-4-9-7-6-8(3)10(9)5-2/h6H,4-5,7H2,1-3H3. The Bertz CT molecular complexity index is 182. The van der Waals surface area contributed by atoms with Crippen molar-refractivity contribution in [2.45, 2.75) is 40.0 Å². The number of hydrogen-bond acceptors (Lipinski definition) is 0. The maximum absolute atomic E-state index is 2.34. The van der Waals surface area contributed by atoms with Gasteiger partial charge in [-0.25, -0.2) is 0 Å². The molecule has 0 saturated carbocycles. The van der Waals surface area contributed by atoms with Gasteiger partial charge in [-0.05, 0) is 31.8 Å². The van der Waals surface area contributed by atoms with Crippen molar-refractivity contribution < 1.29 is 0 Å². The molecular weight excluding hydrogens is 120 g/mol. The summed E-state index contributed by atoms with van der Waals surface area (Å²) >= 11 is 0. The molecule has 0 aromatic rings. The van der Waals surface area contributed by atoms with E-state index in [0.29, 0.717) is 0 Å². The van der Waals surface area contributed by atoms with Crippen LogP contribution in [0.25, 0.3) is 0 Å². The second-order valence-electron chi connectivity index (χ2n) is 2.88. The first-order chi connectivity index (χ1) is 4.79. The normalized spacial score (nSPS) is 18.1. The van der Waals surface area contributed by atoms with Crippen molar-refractivity contribution in [3.05, 3.63) is 22.8 Å². The molecule has 0 heteroatoms. The van der Waals surface area contributed by atoms with Crippen LogP contribution in [0.15, 0.2) is 22.8 Å². The summed E-state index contributed by atoms with van der Waals surface area (Å²) < 4.78 is 0. The first-order valence-electron chi connectivity index (χ1n) is 4.17. The summed E-state index contributed by atoms with van der Waals surface area (Å²) in [4.78, 5) is 0. The van der Waals surface area contributed by atoms with Crippen LogP contribution >= 0.6 is 0 Å². The van der Waals surface area contributed by atoms with E-state index in [4.69, 9.17) is 0 Å². The summed E-state index contributed by atoms with van der Waals surface area (Å²) in [6.45, 7) is 6.71. The lowest BCUT2D eigenvalue weighted by molar-refractivity contribution is 0.990. The molecule has 1 aliphatic rings. The van der Waals surface area contributed by atoms with Crippen LogP contribution in [0.5, 0.6) is 0 Å². The zero-order valence-electron chi connectivity index (χ0n) is 7.20. The van der Waals surface area contributed by atoms with Crippen LogP contribution in [0.3, 0.4) is 0 Å². The molecule has 0 nitrogen and oxygen atoms in total. The van der Waals surface area contributed by atoms with Crippen molar-refractivity contribution in [2.75, 3.05) is 0 Å². The Hall–Kier alpha value is -0.520. The molecule has 56 valence electrons. The summed E-state index contributed by atoms with van der Waals surface area (Å²) in [5.41, 5.74) is 4.78. The second-order valence-corrected chi connectivity index (χ2v) is 2.88. The summed E-state index contributed by atoms with van der Waals surface area (Å²) in [5, 5.41) is 0. The molecule has 10 heavy (non-hydrogen) atoms. The predicted octanol–water partition coefficient (Wildman–Crippen LogP) is 3.45. The summed E-state index contributed by atoms with van der Waals surface area (Å²) in [6.07, 6.45) is 6.01. The average molecular weight is 136 g/mol. The van der Waals surface area contributed by atoms with E-state index in [1.165, 1.54) is 24.8 Å². The quantitative estimate of drug-likeness (QED) is 0.545. The van der Waals surface area contributed by atoms with Crippen molar-refractivity contribution >= 4 is 0 Å². The van der Waals surface area contributed by atoms with Gasteiger partial charge in [-0.1, -0.05) is 31.1 Å². The van der Waals surface area contributed by atoms with Crippen LogP contribution in [0.4, 0.5) is 0 Å². The molecule has 1 rings (SSSR count). The largest absolute Gasteiger partial charge is 0.0772 e. The summed E-state index contributed by atoms with van der Waals surface area (Å²) in [5.74, 6) is 0. The van der Waals surface area contributed by atoms with Crippen molar-refractivity contribution in [3.63, 3.8) is 0 Å². The Morgan fingerprint density at radius 1 is 1.30 bits per heavy atom. The van der Waals surface area contributed by atoms with Crippen LogP contribution in [0.1, 0.15) is 40.0 Å². The Labute approximate surface area is 63.6 Å². The highest BCUT2D eigenvalue weighted by atomic mass is 14.2. The van der Waals surface area contributed by atoms with Crippen molar-refractivity contribution in [1.29, 1.82) is 0 Å². The van der Waals surface area contributed by atoms with Crippen LogP contribution in [0, 0.1) is 0 Å². The minimum absolute atomic E-state index is 1.21. The smallest absolute Gasteiger partial charge is 0.0127 e. The molecular formula is C10H16. The summed E-state index contributed by atoms with van der Waals surface area (Å²) in [7, 11) is 0. The molecule has 1 aliphatic carbocycles. The van der Waals surface area contributed by atoms with E-state index >= 15 is 0 Å². The highest BCUT2D eigenvalue weighted by Crippen LogP contribution is 2.29. The van der Waals surface area contributed by atoms with Crippen LogP contribution in [-0.2, 0) is 0 Å². The average Bonchev–Trinajstić information content (AvgIpc) is 2.30. The third-order valence-electron chi connectivity index (χ3n) is 2.34. The molecule has 0 unspecified atom stereocenters. The fourth-order valence-corrected chi connectivity index (χ4v) is 1.69. The maximum atomic E-state index is 2.34. The molecule has 0 aromatic carbocycles. The lowest BCUT2D eigenvalue weighted by Gasteiger charge is -2.03. The van der Waals surface area contributed by atoms with Gasteiger partial charge in [0.25, 0.3) is 0 Å². The Balaban J connectivity index is 2.81. The predicted molar refractivity (Wildman–Crippen MR) is 46.0 cm³/mol. The van der Waals surface area contributed by atoms with Gasteiger partial charge in [0, 0.05) is 0 Å². The lowest BCUT2D eigenvalue weighted by Crippen LogP contribution is -1.83. The van der Waals surface area contributed by atoms with E-state index in [1.54, 1.807) is 11.1 Å². The van der Waals surface area contributed by atoms with Gasteiger partial charge in [-0.2, -0.15) is 0 Å². The third-order valence-corrected chi connectivity index (χ3v) is 2.34. The maximum Gasteiger partial charge on any atom is -0.0127 e. The first kappa shape index (κ1) is 7.59. The van der Waals surface area contributed by atoms with Gasteiger partial charge in [0.2, 0.25) is 0 Å². The Morgan fingerprint density at radius 3 is 2.40 bits per heavy atom. The monoisotopic (exact) mass is 136 g/mol. The topological polar surface area (TPSA) is 0 Å². The van der Waals surface area contributed by atoms with Crippen LogP contribution in [0.2, 0.25) is 0 Å². The van der Waals surface area contributed by atoms with E-state index in [-0.39, 0.29) is 0 Å². The zero-order valence-corrected chi connectivity index (χ0v) is 7.20. The van der Waals surface area contributed by atoms with E-state index in [2.05, 4.69) is 26.8 Å². The minimum Gasteiger partial charge on any atom is -0.0772 e. The lowest BCUT2D eigenvalue weighted by atomic mass is 10.0. The Morgan fingerprint density at radius 2 is 2.00 bits per heavy atom. The molecule has 0 spiro atoms. The third kappa shape index (κ3) is 1.16. The van der Waals surface area contributed by atoms with Gasteiger partial charge in [-0.15, -0.1) is 0 Å². The molecule has 0 aromatic heterocycles. The highest BCUT2D eigenvalue weighted by Gasteiger charge is 2.09. The number of rotatable bonds is 2. The zero-order chi connectivity index (χ0) is 7.56. The van der Waals surface area contributed by atoms with Gasteiger partial charge >= 0.3 is 0 Å². The van der Waals surface area contributed by atoms with E-state index in [1.807, 2.05) is 0 Å². The van der Waals surface area contributed by atoms with Crippen molar-refractivity contribution in [1.82, 2.24) is 0 Å². The summed E-state index contributed by atoms with van der Waals surface area (Å²) in [6, 6.07) is 0. The van der Waals surface area contributed by atoms with E-state index in [0.717, 1.165) is 0 Å². The molecule has 0 radical (unpaired) electrons. The van der Waals surface area contributed by atoms with Crippen LogP contribution in [-0.4, -0.2) is 0 Å². The molecule has 0 aliphatic heterocycles. The van der Waals surface area contributed by atoms with Gasteiger partial charge in [0.1, 0.15) is 0 Å². The second kappa shape index (κ2) is 3.05. The molecule has 0 N–H and O–H groups in total. The van der Waals surface area contributed by atoms with E-state index in [9.17, 15) is 0 Å². The highest BCUT2D eigenvalue weighted by molar-refractivity contribution is 5.40. The Kier molecular flexibility index (Phi) is 2.31.